The predicted molar refractivity (Wildman–Crippen MR) is 56.1 cm³/mol. The van der Waals surface area contributed by atoms with Crippen molar-refractivity contribution in [2.75, 3.05) is 6.54 Å². The van der Waals surface area contributed by atoms with Crippen LogP contribution in [0.4, 0.5) is 0 Å². The highest BCUT2D eigenvalue weighted by Gasteiger charge is 2.19. The summed E-state index contributed by atoms with van der Waals surface area (Å²) in [6, 6.07) is 7.50. The van der Waals surface area contributed by atoms with Crippen LogP contribution in [0.1, 0.15) is 23.6 Å². The van der Waals surface area contributed by atoms with Gasteiger partial charge in [0.15, 0.2) is 0 Å². The highest BCUT2D eigenvalue weighted by Crippen LogP contribution is 2.22. The van der Waals surface area contributed by atoms with Crippen molar-refractivity contribution in [2.45, 2.75) is 32.7 Å². The highest BCUT2D eigenvalue weighted by atomic mass is 14.9. The summed E-state index contributed by atoms with van der Waals surface area (Å²) in [5, 5.41) is 3.51. The Bertz CT molecular complexity index is 304. The van der Waals surface area contributed by atoms with Gasteiger partial charge in [0.2, 0.25) is 0 Å². The van der Waals surface area contributed by atoms with Crippen LogP contribution in [0.3, 0.4) is 0 Å². The number of hydrogen-bond donors (Lipinski definition) is 1. The van der Waals surface area contributed by atoms with Gasteiger partial charge in [-0.25, -0.2) is 0 Å². The van der Waals surface area contributed by atoms with Crippen molar-refractivity contribution in [3.63, 3.8) is 0 Å². The molecule has 0 saturated heterocycles. The Balaban J connectivity index is 2.16. The van der Waals surface area contributed by atoms with Crippen molar-refractivity contribution >= 4 is 0 Å². The van der Waals surface area contributed by atoms with E-state index in [1.54, 1.807) is 5.56 Å². The van der Waals surface area contributed by atoms with E-state index in [0.717, 1.165) is 6.54 Å². The van der Waals surface area contributed by atoms with Crippen LogP contribution in [0.15, 0.2) is 18.2 Å². The molecule has 0 aromatic heterocycles. The molecule has 0 spiro atoms. The van der Waals surface area contributed by atoms with Gasteiger partial charge in [-0.2, -0.15) is 0 Å². The Morgan fingerprint density at radius 3 is 2.85 bits per heavy atom. The van der Waals surface area contributed by atoms with Crippen molar-refractivity contribution in [3.05, 3.63) is 34.9 Å². The largest absolute Gasteiger partial charge is 0.314 e. The van der Waals surface area contributed by atoms with Gasteiger partial charge in [0.1, 0.15) is 0 Å². The number of aryl methyl sites for hydroxylation is 1. The third-order valence-corrected chi connectivity index (χ3v) is 2.79. The fourth-order valence-electron chi connectivity index (χ4n) is 2.18. The van der Waals surface area contributed by atoms with Crippen LogP contribution in [0.2, 0.25) is 0 Å². The molecule has 1 N–H and O–H groups in total. The third-order valence-electron chi connectivity index (χ3n) is 2.79. The zero-order valence-electron chi connectivity index (χ0n) is 8.43. The van der Waals surface area contributed by atoms with Gasteiger partial charge in [-0.1, -0.05) is 30.7 Å². The van der Waals surface area contributed by atoms with Gasteiger partial charge in [0.05, 0.1) is 0 Å². The topological polar surface area (TPSA) is 12.0 Å². The van der Waals surface area contributed by atoms with Crippen LogP contribution in [0.25, 0.3) is 0 Å². The summed E-state index contributed by atoms with van der Waals surface area (Å²) in [6.45, 7) is 5.42. The quantitative estimate of drug-likeness (QED) is 0.725. The summed E-state index contributed by atoms with van der Waals surface area (Å²) in [5.74, 6) is 0. The minimum atomic E-state index is 0.682. The lowest BCUT2D eigenvalue weighted by atomic mass is 10.1. The Morgan fingerprint density at radius 2 is 2.08 bits per heavy atom. The van der Waals surface area contributed by atoms with E-state index in [0.29, 0.717) is 6.04 Å². The van der Waals surface area contributed by atoms with Gasteiger partial charge in [0, 0.05) is 6.04 Å². The van der Waals surface area contributed by atoms with Gasteiger partial charge in [-0.3, -0.25) is 0 Å². The van der Waals surface area contributed by atoms with Crippen molar-refractivity contribution in [3.8, 4) is 0 Å². The van der Waals surface area contributed by atoms with Crippen LogP contribution in [-0.4, -0.2) is 12.6 Å². The molecule has 0 aliphatic heterocycles. The Hall–Kier alpha value is -0.820. The summed E-state index contributed by atoms with van der Waals surface area (Å²) in [4.78, 5) is 0. The minimum Gasteiger partial charge on any atom is -0.314 e. The number of benzene rings is 1. The van der Waals surface area contributed by atoms with E-state index < -0.39 is 0 Å². The van der Waals surface area contributed by atoms with E-state index in [1.807, 2.05) is 0 Å². The molecule has 1 unspecified atom stereocenters. The Labute approximate surface area is 80.2 Å². The highest BCUT2D eigenvalue weighted by molar-refractivity contribution is 5.36. The normalized spacial score (nSPS) is 20.3. The van der Waals surface area contributed by atoms with Crippen molar-refractivity contribution in [1.82, 2.24) is 5.32 Å². The first kappa shape index (κ1) is 8.76. The van der Waals surface area contributed by atoms with Crippen LogP contribution in [0.5, 0.6) is 0 Å². The van der Waals surface area contributed by atoms with Crippen LogP contribution in [0, 0.1) is 6.92 Å². The fraction of sp³-hybridized carbons (Fsp3) is 0.500. The van der Waals surface area contributed by atoms with Gasteiger partial charge in [-0.15, -0.1) is 0 Å². The number of fused-ring (bicyclic) bond motifs is 1. The van der Waals surface area contributed by atoms with Gasteiger partial charge >= 0.3 is 0 Å². The molecule has 1 aromatic carbocycles. The van der Waals surface area contributed by atoms with E-state index in [-0.39, 0.29) is 0 Å². The molecule has 0 radical (unpaired) electrons. The van der Waals surface area contributed by atoms with Crippen LogP contribution >= 0.6 is 0 Å². The summed E-state index contributed by atoms with van der Waals surface area (Å²) in [6.07, 6.45) is 2.42. The minimum absolute atomic E-state index is 0.682. The number of rotatable bonds is 2. The van der Waals surface area contributed by atoms with E-state index >= 15 is 0 Å². The first-order valence-corrected chi connectivity index (χ1v) is 5.11. The lowest BCUT2D eigenvalue weighted by molar-refractivity contribution is 0.552. The first-order valence-electron chi connectivity index (χ1n) is 5.11. The smallest absolute Gasteiger partial charge is 0.0148 e. The molecular formula is C12H17N. The van der Waals surface area contributed by atoms with E-state index in [9.17, 15) is 0 Å². The second-order valence-electron chi connectivity index (χ2n) is 3.94. The first-order chi connectivity index (χ1) is 6.29. The monoisotopic (exact) mass is 175 g/mol. The average molecular weight is 175 g/mol. The van der Waals surface area contributed by atoms with E-state index in [2.05, 4.69) is 37.4 Å². The molecule has 13 heavy (non-hydrogen) atoms. The van der Waals surface area contributed by atoms with Crippen molar-refractivity contribution < 1.29 is 0 Å². The summed E-state index contributed by atoms with van der Waals surface area (Å²) < 4.78 is 0. The molecule has 0 saturated carbocycles. The van der Waals surface area contributed by atoms with Crippen molar-refractivity contribution in [2.24, 2.45) is 0 Å². The van der Waals surface area contributed by atoms with Crippen LogP contribution in [-0.2, 0) is 12.8 Å². The van der Waals surface area contributed by atoms with Crippen LogP contribution < -0.4 is 5.32 Å². The summed E-state index contributed by atoms with van der Waals surface area (Å²) >= 11 is 0. The molecule has 2 rings (SSSR count). The number of hydrogen-bond acceptors (Lipinski definition) is 1. The molecule has 0 amide bonds. The molecule has 70 valence electrons. The van der Waals surface area contributed by atoms with Gasteiger partial charge in [-0.05, 0) is 37.4 Å². The molecule has 1 nitrogen and oxygen atoms in total. The van der Waals surface area contributed by atoms with Crippen molar-refractivity contribution in [1.29, 1.82) is 0 Å². The lowest BCUT2D eigenvalue weighted by Crippen LogP contribution is -2.28. The molecular weight excluding hydrogens is 158 g/mol. The molecule has 1 aliphatic rings. The van der Waals surface area contributed by atoms with E-state index in [1.165, 1.54) is 24.0 Å². The Kier molecular flexibility index (Phi) is 2.36. The molecule has 0 fully saturated rings. The second-order valence-corrected chi connectivity index (χ2v) is 3.94. The maximum atomic E-state index is 3.51. The molecule has 1 heteroatoms. The maximum absolute atomic E-state index is 3.51. The van der Waals surface area contributed by atoms with E-state index in [4.69, 9.17) is 0 Å². The Morgan fingerprint density at radius 1 is 1.31 bits per heavy atom. The molecule has 1 aromatic rings. The predicted octanol–water partition coefficient (Wildman–Crippen LogP) is 2.07. The molecule has 1 atom stereocenters. The SMILES string of the molecule is CCNC1Cc2ccc(C)cc2C1. The second kappa shape index (κ2) is 3.51. The molecule has 1 aliphatic carbocycles. The maximum Gasteiger partial charge on any atom is 0.0148 e. The number of nitrogens with one attached hydrogen (secondary N) is 1. The standard InChI is InChI=1S/C12H17N/c1-3-13-12-7-10-5-4-9(2)6-11(10)8-12/h4-6,12-13H,3,7-8H2,1-2H3. The summed E-state index contributed by atoms with van der Waals surface area (Å²) in [7, 11) is 0. The fourth-order valence-corrected chi connectivity index (χ4v) is 2.18. The zero-order valence-corrected chi connectivity index (χ0v) is 8.43. The third kappa shape index (κ3) is 1.75. The van der Waals surface area contributed by atoms with Gasteiger partial charge in [0.25, 0.3) is 0 Å². The molecule has 0 bridgehead atoms. The van der Waals surface area contributed by atoms with Gasteiger partial charge < -0.3 is 5.32 Å². The zero-order chi connectivity index (χ0) is 9.26. The summed E-state index contributed by atoms with van der Waals surface area (Å²) in [5.41, 5.74) is 4.47. The number of likely N-dealkylation sites (N-methyl/N-ethyl adjacent to an activating group) is 1. The lowest BCUT2D eigenvalue weighted by Gasteiger charge is -2.08. The average Bonchev–Trinajstić information content (AvgIpc) is 2.46. The molecule has 0 heterocycles.